The molecule has 0 saturated carbocycles. The molecule has 0 amide bonds. The molecule has 4 nitrogen and oxygen atoms in total. The summed E-state index contributed by atoms with van der Waals surface area (Å²) in [5.74, 6) is -0.882. The first-order valence-electron chi connectivity index (χ1n) is 5.99. The highest BCUT2D eigenvalue weighted by molar-refractivity contribution is 7.95. The zero-order valence-corrected chi connectivity index (χ0v) is 11.2. The Kier molecular flexibility index (Phi) is 4.73. The molecule has 1 heterocycles. The van der Waals surface area contributed by atoms with E-state index in [1.165, 1.54) is 12.1 Å². The van der Waals surface area contributed by atoms with Gasteiger partial charge >= 0.3 is 0 Å². The smallest absolute Gasteiger partial charge is 0.147 e. The molecular formula is C12H16F2N4S. The number of benzene rings is 1. The van der Waals surface area contributed by atoms with Gasteiger partial charge in [-0.15, -0.1) is 0 Å². The van der Waals surface area contributed by atoms with Crippen molar-refractivity contribution in [2.24, 2.45) is 5.14 Å². The van der Waals surface area contributed by atoms with Crippen LogP contribution < -0.4 is 14.8 Å². The quantitative estimate of drug-likeness (QED) is 0.742. The zero-order chi connectivity index (χ0) is 13.8. The number of rotatable bonds is 4. The van der Waals surface area contributed by atoms with Crippen molar-refractivity contribution in [1.82, 2.24) is 4.72 Å². The van der Waals surface area contributed by atoms with Crippen LogP contribution in [0.15, 0.2) is 12.1 Å². The van der Waals surface area contributed by atoms with Crippen LogP contribution in [0.4, 0.5) is 14.5 Å². The maximum atomic E-state index is 14.0. The van der Waals surface area contributed by atoms with Gasteiger partial charge in [0.1, 0.15) is 11.6 Å². The summed E-state index contributed by atoms with van der Waals surface area (Å²) < 4.78 is 30.6. The van der Waals surface area contributed by atoms with Gasteiger partial charge in [-0.1, -0.05) is 0 Å². The van der Waals surface area contributed by atoms with Crippen LogP contribution in [0.1, 0.15) is 18.4 Å². The van der Waals surface area contributed by atoms with Crippen molar-refractivity contribution in [3.05, 3.63) is 29.3 Å². The monoisotopic (exact) mass is 286 g/mol. The molecule has 1 aliphatic rings. The van der Waals surface area contributed by atoms with E-state index in [0.29, 0.717) is 31.6 Å². The maximum Gasteiger partial charge on any atom is 0.147 e. The Morgan fingerprint density at radius 3 is 2.58 bits per heavy atom. The second kappa shape index (κ2) is 6.31. The lowest BCUT2D eigenvalue weighted by Gasteiger charge is -2.29. The predicted molar refractivity (Wildman–Crippen MR) is 74.1 cm³/mol. The highest BCUT2D eigenvalue weighted by atomic mass is 32.2. The number of nitrogens with two attached hydrogens (primary N) is 1. The molecule has 1 saturated heterocycles. The summed E-state index contributed by atoms with van der Waals surface area (Å²) >= 11 is 0.870. The summed E-state index contributed by atoms with van der Waals surface area (Å²) in [7, 11) is 0. The predicted octanol–water partition coefficient (Wildman–Crippen LogP) is 2.20. The first kappa shape index (κ1) is 14.2. The van der Waals surface area contributed by atoms with E-state index in [9.17, 15) is 8.78 Å². The first-order chi connectivity index (χ1) is 9.11. The second-order valence-corrected chi connectivity index (χ2v) is 4.95. The van der Waals surface area contributed by atoms with Gasteiger partial charge in [0.05, 0.1) is 5.69 Å². The fourth-order valence-electron chi connectivity index (χ4n) is 2.09. The van der Waals surface area contributed by atoms with Crippen LogP contribution in [0.5, 0.6) is 0 Å². The average molecular weight is 286 g/mol. The number of nitrogens with zero attached hydrogens (tertiary/aromatic N) is 1. The Hall–Kier alpha value is -1.18. The number of hydrogen-bond donors (Lipinski definition) is 3. The Balaban J connectivity index is 2.17. The fourth-order valence-corrected chi connectivity index (χ4v) is 2.33. The SMILES string of the molecule is N=C1CCN(c2cc(F)c(CNSN)cc2F)CC1. The van der Waals surface area contributed by atoms with E-state index in [4.69, 9.17) is 10.5 Å². The van der Waals surface area contributed by atoms with Crippen LogP contribution in [0.2, 0.25) is 0 Å². The van der Waals surface area contributed by atoms with E-state index >= 15 is 0 Å². The molecule has 4 N–H and O–H groups in total. The number of halogens is 2. The van der Waals surface area contributed by atoms with E-state index in [1.807, 2.05) is 0 Å². The van der Waals surface area contributed by atoms with Gasteiger partial charge in [0, 0.05) is 62.0 Å². The third-order valence-corrected chi connectivity index (χ3v) is 3.48. The summed E-state index contributed by atoms with van der Waals surface area (Å²) in [6.07, 6.45) is 1.21. The van der Waals surface area contributed by atoms with Gasteiger partial charge in [-0.2, -0.15) is 0 Å². The maximum absolute atomic E-state index is 14.0. The van der Waals surface area contributed by atoms with Crippen LogP contribution in [0, 0.1) is 17.0 Å². The normalized spacial score (nSPS) is 15.9. The van der Waals surface area contributed by atoms with Crippen molar-refractivity contribution >= 4 is 23.5 Å². The third-order valence-electron chi connectivity index (χ3n) is 3.17. The van der Waals surface area contributed by atoms with Gasteiger partial charge in [-0.3, -0.25) is 5.14 Å². The number of piperidine rings is 1. The molecule has 0 atom stereocenters. The molecule has 0 bridgehead atoms. The van der Waals surface area contributed by atoms with Crippen molar-refractivity contribution in [2.45, 2.75) is 19.4 Å². The fraction of sp³-hybridized carbons (Fsp3) is 0.417. The summed E-state index contributed by atoms with van der Waals surface area (Å²) in [6.45, 7) is 1.30. The molecule has 0 spiro atoms. The molecule has 1 fully saturated rings. The van der Waals surface area contributed by atoms with Crippen LogP contribution >= 0.6 is 12.1 Å². The van der Waals surface area contributed by atoms with Crippen LogP contribution in [0.25, 0.3) is 0 Å². The molecule has 0 aromatic heterocycles. The van der Waals surface area contributed by atoms with E-state index in [-0.39, 0.29) is 17.8 Å². The van der Waals surface area contributed by atoms with Gasteiger partial charge in [-0.25, -0.2) is 13.5 Å². The Labute approximate surface area is 115 Å². The molecule has 1 aliphatic heterocycles. The lowest BCUT2D eigenvalue weighted by molar-refractivity contribution is 0.576. The Morgan fingerprint density at radius 2 is 1.95 bits per heavy atom. The van der Waals surface area contributed by atoms with E-state index in [2.05, 4.69) is 4.72 Å². The lowest BCUT2D eigenvalue weighted by Crippen LogP contribution is -2.34. The standard InChI is InChI=1S/C12H16F2N4S/c13-10-6-12(18-3-1-9(15)2-4-18)11(14)5-8(10)7-17-19-16/h5-6,15,17H,1-4,7,16H2. The Bertz CT molecular complexity index is 471. The first-order valence-corrected chi connectivity index (χ1v) is 6.87. The van der Waals surface area contributed by atoms with Crippen LogP contribution in [0.3, 0.4) is 0 Å². The molecule has 0 radical (unpaired) electrons. The number of hydrogen-bond acceptors (Lipinski definition) is 5. The van der Waals surface area contributed by atoms with Gasteiger partial charge < -0.3 is 10.3 Å². The molecular weight excluding hydrogens is 270 g/mol. The number of nitrogens with one attached hydrogen (secondary N) is 2. The summed E-state index contributed by atoms with van der Waals surface area (Å²) in [5.41, 5.74) is 1.19. The minimum atomic E-state index is -0.446. The van der Waals surface area contributed by atoms with Crippen LogP contribution in [-0.4, -0.2) is 18.8 Å². The van der Waals surface area contributed by atoms with Gasteiger partial charge in [0.2, 0.25) is 0 Å². The third kappa shape index (κ3) is 3.43. The largest absolute Gasteiger partial charge is 0.368 e. The molecule has 1 aromatic rings. The van der Waals surface area contributed by atoms with Crippen molar-refractivity contribution in [3.63, 3.8) is 0 Å². The molecule has 104 valence electrons. The topological polar surface area (TPSA) is 65.1 Å². The summed E-state index contributed by atoms with van der Waals surface area (Å²) in [4.78, 5) is 1.78. The van der Waals surface area contributed by atoms with E-state index < -0.39 is 11.6 Å². The lowest BCUT2D eigenvalue weighted by atomic mass is 10.1. The number of anilines is 1. The van der Waals surface area contributed by atoms with Gasteiger partial charge in [-0.05, 0) is 6.07 Å². The summed E-state index contributed by atoms with van der Waals surface area (Å²) in [5, 5.41) is 12.7. The van der Waals surface area contributed by atoms with Crippen molar-refractivity contribution in [1.29, 1.82) is 5.41 Å². The van der Waals surface area contributed by atoms with Crippen LogP contribution in [-0.2, 0) is 6.54 Å². The highest BCUT2D eigenvalue weighted by Crippen LogP contribution is 2.25. The summed E-state index contributed by atoms with van der Waals surface area (Å²) in [6, 6.07) is 2.43. The molecule has 19 heavy (non-hydrogen) atoms. The van der Waals surface area contributed by atoms with Crippen molar-refractivity contribution < 1.29 is 8.78 Å². The highest BCUT2D eigenvalue weighted by Gasteiger charge is 2.19. The molecule has 1 aromatic carbocycles. The van der Waals surface area contributed by atoms with E-state index in [0.717, 1.165) is 12.1 Å². The molecule has 0 aliphatic carbocycles. The minimum absolute atomic E-state index is 0.175. The Morgan fingerprint density at radius 1 is 1.26 bits per heavy atom. The molecule has 7 heteroatoms. The molecule has 2 rings (SSSR count). The molecule has 0 unspecified atom stereocenters. The van der Waals surface area contributed by atoms with Crippen molar-refractivity contribution in [2.75, 3.05) is 18.0 Å². The minimum Gasteiger partial charge on any atom is -0.368 e. The average Bonchev–Trinajstić information content (AvgIpc) is 2.40. The second-order valence-electron chi connectivity index (χ2n) is 4.42. The van der Waals surface area contributed by atoms with Gasteiger partial charge in [0.25, 0.3) is 0 Å². The van der Waals surface area contributed by atoms with Crippen molar-refractivity contribution in [3.8, 4) is 0 Å². The van der Waals surface area contributed by atoms with E-state index in [1.54, 1.807) is 4.90 Å². The van der Waals surface area contributed by atoms with Gasteiger partial charge in [0.15, 0.2) is 0 Å². The zero-order valence-electron chi connectivity index (χ0n) is 10.4.